The van der Waals surface area contributed by atoms with E-state index in [1.807, 2.05) is 48.9 Å². The van der Waals surface area contributed by atoms with Crippen molar-refractivity contribution in [2.75, 3.05) is 13.7 Å². The highest BCUT2D eigenvalue weighted by atomic mass is 16.5. The summed E-state index contributed by atoms with van der Waals surface area (Å²) >= 11 is 0. The van der Waals surface area contributed by atoms with E-state index >= 15 is 0 Å². The Bertz CT molecular complexity index is 950. The third-order valence-corrected chi connectivity index (χ3v) is 5.08. The Hall–Kier alpha value is -3.35. The summed E-state index contributed by atoms with van der Waals surface area (Å²) in [4.78, 5) is 4.74. The van der Waals surface area contributed by atoms with Crippen LogP contribution >= 0.6 is 0 Å². The van der Waals surface area contributed by atoms with Gasteiger partial charge in [0.15, 0.2) is 11.8 Å². The standard InChI is InChI=1S/C23H30N6O/c1-17(20-8-6-5-7-9-20)26-23(25-16-22-28-27-18(2)29(22)3)24-15-14-19-10-12-21(30-4)13-11-19/h5-13,17H,14-16H2,1-4H3,(H2,24,25,26). The first-order chi connectivity index (χ1) is 14.6. The number of hydrogen-bond acceptors (Lipinski definition) is 4. The predicted octanol–water partition coefficient (Wildman–Crippen LogP) is 3.17. The molecule has 1 atom stereocenters. The van der Waals surface area contributed by atoms with E-state index in [4.69, 9.17) is 9.73 Å². The topological polar surface area (TPSA) is 76.4 Å². The van der Waals surface area contributed by atoms with Gasteiger partial charge in [0.2, 0.25) is 0 Å². The number of nitrogens with zero attached hydrogens (tertiary/aromatic N) is 4. The quantitative estimate of drug-likeness (QED) is 0.444. The van der Waals surface area contributed by atoms with Crippen LogP contribution in [0, 0.1) is 6.92 Å². The fourth-order valence-corrected chi connectivity index (χ4v) is 3.04. The van der Waals surface area contributed by atoms with Crippen LogP contribution in [0.15, 0.2) is 59.6 Å². The van der Waals surface area contributed by atoms with Gasteiger partial charge in [-0.2, -0.15) is 0 Å². The molecule has 30 heavy (non-hydrogen) atoms. The Labute approximate surface area is 178 Å². The van der Waals surface area contributed by atoms with E-state index in [2.05, 4.69) is 52.0 Å². The van der Waals surface area contributed by atoms with Gasteiger partial charge in [0, 0.05) is 13.6 Å². The first kappa shape index (κ1) is 21.4. The summed E-state index contributed by atoms with van der Waals surface area (Å²) in [6.45, 7) is 5.28. The summed E-state index contributed by atoms with van der Waals surface area (Å²) in [6, 6.07) is 18.6. The summed E-state index contributed by atoms with van der Waals surface area (Å²) in [5.74, 6) is 3.32. The molecule has 0 saturated heterocycles. The zero-order chi connectivity index (χ0) is 21.3. The average molecular weight is 407 g/mol. The Morgan fingerprint density at radius 3 is 2.47 bits per heavy atom. The number of aromatic nitrogens is 3. The molecule has 1 unspecified atom stereocenters. The molecule has 0 fully saturated rings. The molecule has 3 rings (SSSR count). The first-order valence-electron chi connectivity index (χ1n) is 10.1. The molecule has 0 aliphatic rings. The molecule has 7 nitrogen and oxygen atoms in total. The molecule has 2 N–H and O–H groups in total. The van der Waals surface area contributed by atoms with Crippen LogP contribution in [0.2, 0.25) is 0 Å². The average Bonchev–Trinajstić information content (AvgIpc) is 3.10. The van der Waals surface area contributed by atoms with Gasteiger partial charge in [-0.15, -0.1) is 10.2 Å². The van der Waals surface area contributed by atoms with Crippen molar-refractivity contribution in [2.45, 2.75) is 32.9 Å². The second-order valence-electron chi connectivity index (χ2n) is 7.19. The predicted molar refractivity (Wildman–Crippen MR) is 120 cm³/mol. The molecule has 0 radical (unpaired) electrons. The van der Waals surface area contributed by atoms with E-state index in [0.29, 0.717) is 6.54 Å². The second-order valence-corrected chi connectivity index (χ2v) is 7.19. The number of aryl methyl sites for hydroxylation is 1. The van der Waals surface area contributed by atoms with Gasteiger partial charge in [0.1, 0.15) is 18.1 Å². The van der Waals surface area contributed by atoms with Crippen molar-refractivity contribution in [1.82, 2.24) is 25.4 Å². The molecule has 0 amide bonds. The van der Waals surface area contributed by atoms with Crippen LogP contribution < -0.4 is 15.4 Å². The number of rotatable bonds is 8. The van der Waals surface area contributed by atoms with Crippen molar-refractivity contribution in [1.29, 1.82) is 0 Å². The minimum atomic E-state index is 0.125. The van der Waals surface area contributed by atoms with Gasteiger partial charge >= 0.3 is 0 Å². The molecular weight excluding hydrogens is 376 g/mol. The van der Waals surface area contributed by atoms with Crippen molar-refractivity contribution < 1.29 is 4.74 Å². The highest BCUT2D eigenvalue weighted by Gasteiger charge is 2.09. The highest BCUT2D eigenvalue weighted by molar-refractivity contribution is 5.80. The van der Waals surface area contributed by atoms with Crippen molar-refractivity contribution >= 4 is 5.96 Å². The van der Waals surface area contributed by atoms with E-state index in [-0.39, 0.29) is 6.04 Å². The van der Waals surface area contributed by atoms with Crippen molar-refractivity contribution in [3.05, 3.63) is 77.4 Å². The third kappa shape index (κ3) is 5.83. The van der Waals surface area contributed by atoms with Crippen LogP contribution in [0.25, 0.3) is 0 Å². The van der Waals surface area contributed by atoms with Crippen LogP contribution in [0.3, 0.4) is 0 Å². The normalized spacial score (nSPS) is 12.5. The van der Waals surface area contributed by atoms with Gasteiger partial charge in [-0.05, 0) is 43.5 Å². The summed E-state index contributed by atoms with van der Waals surface area (Å²) < 4.78 is 7.18. The fraction of sp³-hybridized carbons (Fsp3) is 0.348. The number of methoxy groups -OCH3 is 1. The first-order valence-corrected chi connectivity index (χ1v) is 10.1. The molecule has 0 bridgehead atoms. The highest BCUT2D eigenvalue weighted by Crippen LogP contribution is 2.12. The number of benzene rings is 2. The largest absolute Gasteiger partial charge is 0.497 e. The minimum absolute atomic E-state index is 0.125. The van der Waals surface area contributed by atoms with E-state index in [9.17, 15) is 0 Å². The van der Waals surface area contributed by atoms with E-state index < -0.39 is 0 Å². The maximum absolute atomic E-state index is 5.23. The molecule has 2 aromatic carbocycles. The third-order valence-electron chi connectivity index (χ3n) is 5.08. The number of nitrogens with one attached hydrogen (secondary N) is 2. The monoisotopic (exact) mass is 406 g/mol. The van der Waals surface area contributed by atoms with Crippen molar-refractivity contribution in [3.63, 3.8) is 0 Å². The van der Waals surface area contributed by atoms with Crippen LogP contribution in [0.5, 0.6) is 5.75 Å². The van der Waals surface area contributed by atoms with Gasteiger partial charge in [-0.25, -0.2) is 4.99 Å². The minimum Gasteiger partial charge on any atom is -0.497 e. The van der Waals surface area contributed by atoms with Gasteiger partial charge in [-0.1, -0.05) is 42.5 Å². The lowest BCUT2D eigenvalue weighted by molar-refractivity contribution is 0.414. The zero-order valence-corrected chi connectivity index (χ0v) is 18.1. The fourth-order valence-electron chi connectivity index (χ4n) is 3.04. The van der Waals surface area contributed by atoms with Crippen LogP contribution in [-0.4, -0.2) is 34.4 Å². The lowest BCUT2D eigenvalue weighted by Gasteiger charge is -2.19. The SMILES string of the molecule is COc1ccc(CCNC(=NCc2nnc(C)n2C)NC(C)c2ccccc2)cc1. The molecule has 0 spiro atoms. The lowest BCUT2D eigenvalue weighted by Crippen LogP contribution is -2.39. The molecule has 0 saturated carbocycles. The number of hydrogen-bond donors (Lipinski definition) is 2. The summed E-state index contributed by atoms with van der Waals surface area (Å²) in [5.41, 5.74) is 2.44. The van der Waals surface area contributed by atoms with Crippen LogP contribution in [0.4, 0.5) is 0 Å². The van der Waals surface area contributed by atoms with Gasteiger partial charge < -0.3 is 19.9 Å². The Balaban J connectivity index is 1.65. The Morgan fingerprint density at radius 2 is 1.83 bits per heavy atom. The van der Waals surface area contributed by atoms with Crippen molar-refractivity contribution in [3.8, 4) is 5.75 Å². The van der Waals surface area contributed by atoms with E-state index in [1.165, 1.54) is 11.1 Å². The molecule has 0 aliphatic carbocycles. The summed E-state index contributed by atoms with van der Waals surface area (Å²) in [5, 5.41) is 15.3. The molecular formula is C23H30N6O. The smallest absolute Gasteiger partial charge is 0.192 e. The summed E-state index contributed by atoms with van der Waals surface area (Å²) in [6.07, 6.45) is 0.882. The second kappa shape index (κ2) is 10.4. The molecule has 3 aromatic rings. The molecule has 1 heterocycles. The van der Waals surface area contributed by atoms with Crippen molar-refractivity contribution in [2.24, 2.45) is 12.0 Å². The number of ether oxygens (including phenoxy) is 1. The Morgan fingerprint density at radius 1 is 1.10 bits per heavy atom. The van der Waals surface area contributed by atoms with Gasteiger partial charge in [-0.3, -0.25) is 0 Å². The van der Waals surface area contributed by atoms with Gasteiger partial charge in [0.25, 0.3) is 0 Å². The Kier molecular flexibility index (Phi) is 7.43. The lowest BCUT2D eigenvalue weighted by atomic mass is 10.1. The molecule has 7 heteroatoms. The van der Waals surface area contributed by atoms with E-state index in [1.54, 1.807) is 7.11 Å². The van der Waals surface area contributed by atoms with Gasteiger partial charge in [0.05, 0.1) is 13.2 Å². The molecule has 0 aliphatic heterocycles. The van der Waals surface area contributed by atoms with Crippen LogP contribution in [-0.2, 0) is 20.0 Å². The number of guanidine groups is 1. The molecule has 158 valence electrons. The van der Waals surface area contributed by atoms with Crippen LogP contribution in [0.1, 0.15) is 35.7 Å². The maximum Gasteiger partial charge on any atom is 0.192 e. The zero-order valence-electron chi connectivity index (χ0n) is 18.1. The number of aliphatic imine (C=N–C) groups is 1. The van der Waals surface area contributed by atoms with E-state index in [0.717, 1.165) is 36.3 Å². The maximum atomic E-state index is 5.23. The summed E-state index contributed by atoms with van der Waals surface area (Å²) in [7, 11) is 3.63. The molecule has 1 aromatic heterocycles.